The van der Waals surface area contributed by atoms with Crippen molar-refractivity contribution in [3.05, 3.63) is 12.2 Å². The molecule has 1 fully saturated rings. The topological polar surface area (TPSA) is 85.8 Å². The smallest absolute Gasteiger partial charge is 0.241 e. The molecule has 86 valence electrons. The van der Waals surface area contributed by atoms with E-state index in [-0.39, 0.29) is 17.4 Å². The van der Waals surface area contributed by atoms with E-state index in [1.54, 1.807) is 0 Å². The van der Waals surface area contributed by atoms with Crippen LogP contribution in [0.1, 0.15) is 18.7 Å². The normalized spacial score (nSPS) is 14.8. The fraction of sp³-hybridized carbons (Fsp3) is 0.556. The first-order chi connectivity index (χ1) is 7.65. The second-order valence-electron chi connectivity index (χ2n) is 3.88. The van der Waals surface area contributed by atoms with Crippen molar-refractivity contribution in [3.63, 3.8) is 0 Å². The summed E-state index contributed by atoms with van der Waals surface area (Å²) in [7, 11) is 0. The van der Waals surface area contributed by atoms with Gasteiger partial charge in [-0.1, -0.05) is 12.2 Å². The van der Waals surface area contributed by atoms with Crippen LogP contribution in [0.15, 0.2) is 6.33 Å². The van der Waals surface area contributed by atoms with Crippen LogP contribution in [0.25, 0.3) is 0 Å². The van der Waals surface area contributed by atoms with Gasteiger partial charge in [0.25, 0.3) is 0 Å². The van der Waals surface area contributed by atoms with Crippen LogP contribution in [0, 0.1) is 5.92 Å². The van der Waals surface area contributed by atoms with Crippen molar-refractivity contribution >= 4 is 23.1 Å². The summed E-state index contributed by atoms with van der Waals surface area (Å²) in [5.74, 6) is 0.906. The number of amides is 1. The minimum absolute atomic E-state index is 0.0636. The zero-order valence-corrected chi connectivity index (χ0v) is 9.54. The highest BCUT2D eigenvalue weighted by Gasteiger charge is 2.21. The molecule has 2 rings (SSSR count). The summed E-state index contributed by atoms with van der Waals surface area (Å²) < 4.78 is 1.43. The first kappa shape index (κ1) is 11.0. The molecule has 0 unspecified atom stereocenters. The molecule has 0 bridgehead atoms. The van der Waals surface area contributed by atoms with E-state index in [1.807, 2.05) is 0 Å². The third kappa shape index (κ3) is 2.99. The van der Waals surface area contributed by atoms with Gasteiger partial charge in [0.1, 0.15) is 17.9 Å². The number of rotatable bonds is 5. The lowest BCUT2D eigenvalue weighted by Crippen LogP contribution is -2.29. The Balaban J connectivity index is 1.82. The molecule has 3 N–H and O–H groups in total. The molecule has 1 aromatic heterocycles. The average Bonchev–Trinajstić information content (AvgIpc) is 2.95. The van der Waals surface area contributed by atoms with E-state index < -0.39 is 0 Å². The zero-order valence-electron chi connectivity index (χ0n) is 8.72. The molecule has 0 atom stereocenters. The number of carbonyl (C=O) groups excluding carboxylic acids is 1. The van der Waals surface area contributed by atoms with E-state index in [0.717, 1.165) is 6.54 Å². The van der Waals surface area contributed by atoms with Gasteiger partial charge in [-0.05, 0) is 18.8 Å². The monoisotopic (exact) mass is 239 g/mol. The predicted molar refractivity (Wildman–Crippen MR) is 61.6 cm³/mol. The van der Waals surface area contributed by atoms with Crippen LogP contribution in [0.4, 0.5) is 0 Å². The van der Waals surface area contributed by atoms with Gasteiger partial charge in [0.05, 0.1) is 0 Å². The minimum Gasteiger partial charge on any atom is -0.387 e. The fourth-order valence-electron chi connectivity index (χ4n) is 1.27. The highest BCUT2D eigenvalue weighted by molar-refractivity contribution is 7.80. The first-order valence-corrected chi connectivity index (χ1v) is 5.52. The van der Waals surface area contributed by atoms with Gasteiger partial charge in [0.15, 0.2) is 0 Å². The van der Waals surface area contributed by atoms with Crippen molar-refractivity contribution in [1.82, 2.24) is 20.1 Å². The Bertz CT molecular complexity index is 412. The van der Waals surface area contributed by atoms with Gasteiger partial charge in [-0.15, -0.1) is 5.10 Å². The summed E-state index contributed by atoms with van der Waals surface area (Å²) in [5, 5.41) is 6.81. The number of nitrogens with two attached hydrogens (primary N) is 1. The van der Waals surface area contributed by atoms with E-state index in [4.69, 9.17) is 18.0 Å². The maximum Gasteiger partial charge on any atom is 0.241 e. The largest absolute Gasteiger partial charge is 0.387 e. The Kier molecular flexibility index (Phi) is 3.14. The number of nitrogens with zero attached hydrogens (tertiary/aromatic N) is 3. The van der Waals surface area contributed by atoms with E-state index in [0.29, 0.717) is 11.7 Å². The maximum atomic E-state index is 11.5. The van der Waals surface area contributed by atoms with Crippen molar-refractivity contribution in [3.8, 4) is 0 Å². The second kappa shape index (κ2) is 4.56. The standard InChI is InChI=1S/C9H13N5OS/c10-8(16)9-12-5-14(13-9)4-7(15)11-3-6-1-2-6/h5-6H,1-4H2,(H2,10,16)(H,11,15). The van der Waals surface area contributed by atoms with Crippen molar-refractivity contribution in [1.29, 1.82) is 0 Å². The van der Waals surface area contributed by atoms with Gasteiger partial charge in [-0.2, -0.15) is 0 Å². The van der Waals surface area contributed by atoms with Crippen LogP contribution >= 0.6 is 12.2 Å². The molecule has 1 aliphatic carbocycles. The Labute approximate surface area is 98.2 Å². The number of hydrogen-bond donors (Lipinski definition) is 2. The van der Waals surface area contributed by atoms with Crippen LogP contribution in [0.2, 0.25) is 0 Å². The van der Waals surface area contributed by atoms with E-state index >= 15 is 0 Å². The summed E-state index contributed by atoms with van der Waals surface area (Å²) in [6, 6.07) is 0. The summed E-state index contributed by atoms with van der Waals surface area (Å²) in [6.45, 7) is 0.915. The Hall–Kier alpha value is -1.50. The third-order valence-electron chi connectivity index (χ3n) is 2.35. The summed E-state index contributed by atoms with van der Waals surface area (Å²) in [5.41, 5.74) is 5.36. The number of thiocarbonyl (C=S) groups is 1. The van der Waals surface area contributed by atoms with E-state index in [1.165, 1.54) is 23.9 Å². The first-order valence-electron chi connectivity index (χ1n) is 5.11. The number of hydrogen-bond acceptors (Lipinski definition) is 4. The highest BCUT2D eigenvalue weighted by Crippen LogP contribution is 2.27. The van der Waals surface area contributed by atoms with Crippen LogP contribution in [0.5, 0.6) is 0 Å². The van der Waals surface area contributed by atoms with E-state index in [9.17, 15) is 4.79 Å². The molecule has 1 saturated carbocycles. The Morgan fingerprint density at radius 1 is 1.69 bits per heavy atom. The molecule has 16 heavy (non-hydrogen) atoms. The lowest BCUT2D eigenvalue weighted by Gasteiger charge is -2.03. The molecule has 0 saturated heterocycles. The summed E-state index contributed by atoms with van der Waals surface area (Å²) in [4.78, 5) is 15.5. The molecule has 1 aromatic rings. The summed E-state index contributed by atoms with van der Waals surface area (Å²) >= 11 is 4.72. The molecule has 6 nitrogen and oxygen atoms in total. The molecule has 0 spiro atoms. The SMILES string of the molecule is NC(=S)c1ncn(CC(=O)NCC2CC2)n1. The van der Waals surface area contributed by atoms with E-state index in [2.05, 4.69) is 15.4 Å². The molecule has 0 aliphatic heterocycles. The van der Waals surface area contributed by atoms with Gasteiger partial charge < -0.3 is 11.1 Å². The highest BCUT2D eigenvalue weighted by atomic mass is 32.1. The molecule has 1 aliphatic rings. The lowest BCUT2D eigenvalue weighted by molar-refractivity contribution is -0.121. The quantitative estimate of drug-likeness (QED) is 0.673. The molecule has 1 amide bonds. The molecule has 0 aromatic carbocycles. The van der Waals surface area contributed by atoms with Crippen LogP contribution in [0.3, 0.4) is 0 Å². The number of aromatic nitrogens is 3. The van der Waals surface area contributed by atoms with Crippen molar-refractivity contribution in [2.45, 2.75) is 19.4 Å². The van der Waals surface area contributed by atoms with Crippen LogP contribution in [-0.2, 0) is 11.3 Å². The average molecular weight is 239 g/mol. The van der Waals surface area contributed by atoms with Crippen molar-refractivity contribution in [2.75, 3.05) is 6.54 Å². The Morgan fingerprint density at radius 2 is 2.44 bits per heavy atom. The Morgan fingerprint density at radius 3 is 3.00 bits per heavy atom. The molecule has 7 heteroatoms. The third-order valence-corrected chi connectivity index (χ3v) is 2.53. The molecular weight excluding hydrogens is 226 g/mol. The van der Waals surface area contributed by atoms with Crippen molar-refractivity contribution < 1.29 is 4.79 Å². The summed E-state index contributed by atoms with van der Waals surface area (Å²) in [6.07, 6.45) is 3.88. The lowest BCUT2D eigenvalue weighted by atomic mass is 10.4. The van der Waals surface area contributed by atoms with Crippen LogP contribution < -0.4 is 11.1 Å². The number of nitrogens with one attached hydrogen (secondary N) is 1. The van der Waals surface area contributed by atoms with Crippen LogP contribution in [-0.4, -0.2) is 32.2 Å². The molecule has 1 heterocycles. The van der Waals surface area contributed by atoms with Gasteiger partial charge >= 0.3 is 0 Å². The minimum atomic E-state index is -0.0636. The number of carbonyl (C=O) groups is 1. The van der Waals surface area contributed by atoms with Gasteiger partial charge in [0, 0.05) is 6.54 Å². The van der Waals surface area contributed by atoms with Crippen molar-refractivity contribution in [2.24, 2.45) is 11.7 Å². The second-order valence-corrected chi connectivity index (χ2v) is 4.32. The molecule has 0 radical (unpaired) electrons. The van der Waals surface area contributed by atoms with Gasteiger partial charge in [-0.25, -0.2) is 9.67 Å². The fourth-order valence-corrected chi connectivity index (χ4v) is 1.36. The maximum absolute atomic E-state index is 11.5. The molecular formula is C9H13N5OS. The predicted octanol–water partition coefficient (Wildman–Crippen LogP) is -0.562. The zero-order chi connectivity index (χ0) is 11.5. The van der Waals surface area contributed by atoms with Gasteiger partial charge in [-0.3, -0.25) is 4.79 Å². The van der Waals surface area contributed by atoms with Gasteiger partial charge in [0.2, 0.25) is 11.7 Å².